The number of carbonyl (C=O) groups excluding carboxylic acids is 1. The third-order valence-electron chi connectivity index (χ3n) is 6.45. The van der Waals surface area contributed by atoms with E-state index in [4.69, 9.17) is 29.0 Å². The third-order valence-corrected chi connectivity index (χ3v) is 6.45. The van der Waals surface area contributed by atoms with Crippen LogP contribution in [0.3, 0.4) is 0 Å². The SMILES string of the molecule is COc1cc(OC)cc(-c2nc3n(n2)C(c2ccc4c(c2)OCO4)C(C(=O)Nc2ccccc2)=C(C)N3)c1. The van der Waals surface area contributed by atoms with Crippen molar-refractivity contribution in [1.29, 1.82) is 0 Å². The minimum atomic E-state index is -0.585. The minimum absolute atomic E-state index is 0.150. The second-order valence-electron chi connectivity index (χ2n) is 8.80. The second-order valence-corrected chi connectivity index (χ2v) is 8.80. The number of hydrogen-bond donors (Lipinski definition) is 2. The van der Waals surface area contributed by atoms with Crippen LogP contribution in [0.1, 0.15) is 18.5 Å². The summed E-state index contributed by atoms with van der Waals surface area (Å²) in [4.78, 5) is 18.4. The smallest absolute Gasteiger partial charge is 0.255 e. The second kappa shape index (κ2) is 9.47. The lowest BCUT2D eigenvalue weighted by atomic mass is 9.94. The van der Waals surface area contributed by atoms with Crippen LogP contribution in [-0.2, 0) is 4.79 Å². The summed E-state index contributed by atoms with van der Waals surface area (Å²) in [5, 5.41) is 11.1. The molecule has 3 heterocycles. The normalized spacial score (nSPS) is 15.5. The maximum atomic E-state index is 13.7. The number of rotatable bonds is 6. The molecule has 192 valence electrons. The molecule has 2 aliphatic rings. The van der Waals surface area contributed by atoms with Gasteiger partial charge < -0.3 is 29.6 Å². The number of fused-ring (bicyclic) bond motifs is 2. The Labute approximate surface area is 218 Å². The van der Waals surface area contributed by atoms with Crippen molar-refractivity contribution >= 4 is 17.5 Å². The van der Waals surface area contributed by atoms with Crippen LogP contribution in [0.25, 0.3) is 11.4 Å². The highest BCUT2D eigenvalue weighted by Gasteiger charge is 2.35. The lowest BCUT2D eigenvalue weighted by Gasteiger charge is -2.28. The van der Waals surface area contributed by atoms with Crippen molar-refractivity contribution in [2.24, 2.45) is 0 Å². The maximum absolute atomic E-state index is 13.7. The Morgan fingerprint density at radius 1 is 1.00 bits per heavy atom. The number of carbonyl (C=O) groups is 1. The number of methoxy groups -OCH3 is 2. The fraction of sp³-hybridized carbons (Fsp3) is 0.179. The molecular weight excluding hydrogens is 486 g/mol. The number of para-hydroxylation sites is 1. The number of hydrogen-bond acceptors (Lipinski definition) is 8. The number of amides is 1. The largest absolute Gasteiger partial charge is 0.497 e. The van der Waals surface area contributed by atoms with E-state index in [0.29, 0.717) is 57.3 Å². The molecular formula is C28H25N5O5. The highest BCUT2D eigenvalue weighted by molar-refractivity contribution is 6.06. The first-order valence-electron chi connectivity index (χ1n) is 12.0. The summed E-state index contributed by atoms with van der Waals surface area (Å²) < 4.78 is 23.7. The number of allylic oxidation sites excluding steroid dienone is 1. The van der Waals surface area contributed by atoms with E-state index in [2.05, 4.69) is 10.6 Å². The fourth-order valence-electron chi connectivity index (χ4n) is 4.62. The van der Waals surface area contributed by atoms with Crippen molar-refractivity contribution in [1.82, 2.24) is 14.8 Å². The molecule has 0 saturated heterocycles. The Morgan fingerprint density at radius 2 is 1.74 bits per heavy atom. The van der Waals surface area contributed by atoms with Gasteiger partial charge in [0.15, 0.2) is 17.3 Å². The Balaban J connectivity index is 1.46. The number of aromatic nitrogens is 3. The Kier molecular flexibility index (Phi) is 5.83. The monoisotopic (exact) mass is 511 g/mol. The van der Waals surface area contributed by atoms with Crippen LogP contribution in [-0.4, -0.2) is 41.7 Å². The van der Waals surface area contributed by atoms with E-state index in [-0.39, 0.29) is 12.7 Å². The lowest BCUT2D eigenvalue weighted by Crippen LogP contribution is -2.31. The molecule has 1 aromatic heterocycles. The molecule has 2 aliphatic heterocycles. The van der Waals surface area contributed by atoms with Gasteiger partial charge in [-0.2, -0.15) is 4.98 Å². The molecule has 1 unspecified atom stereocenters. The zero-order valence-electron chi connectivity index (χ0n) is 21.0. The van der Waals surface area contributed by atoms with E-state index in [1.54, 1.807) is 25.0 Å². The molecule has 0 saturated carbocycles. The van der Waals surface area contributed by atoms with Gasteiger partial charge in [-0.05, 0) is 48.9 Å². The first-order valence-corrected chi connectivity index (χ1v) is 12.0. The van der Waals surface area contributed by atoms with Gasteiger partial charge in [-0.15, -0.1) is 5.10 Å². The molecule has 10 heteroatoms. The Bertz CT molecular complexity index is 1540. The summed E-state index contributed by atoms with van der Waals surface area (Å²) in [6, 6.07) is 19.8. The molecule has 3 aromatic carbocycles. The van der Waals surface area contributed by atoms with E-state index in [9.17, 15) is 4.79 Å². The van der Waals surface area contributed by atoms with Crippen LogP contribution >= 0.6 is 0 Å². The van der Waals surface area contributed by atoms with Crippen molar-refractivity contribution < 1.29 is 23.7 Å². The van der Waals surface area contributed by atoms with Crippen LogP contribution in [0.15, 0.2) is 78.0 Å². The van der Waals surface area contributed by atoms with Gasteiger partial charge in [0.2, 0.25) is 12.7 Å². The van der Waals surface area contributed by atoms with Crippen molar-refractivity contribution in [2.45, 2.75) is 13.0 Å². The molecule has 2 N–H and O–H groups in total. The van der Waals surface area contributed by atoms with Crippen LogP contribution in [0.2, 0.25) is 0 Å². The van der Waals surface area contributed by atoms with Crippen LogP contribution < -0.4 is 29.6 Å². The van der Waals surface area contributed by atoms with Gasteiger partial charge in [-0.1, -0.05) is 24.3 Å². The molecule has 4 aromatic rings. The highest BCUT2D eigenvalue weighted by atomic mass is 16.7. The standard InChI is InChI=1S/C28H25N5O5/c1-16-24(27(34)30-19-7-5-4-6-8-19)25(17-9-10-22-23(13-17)38-15-37-22)33-28(29-16)31-26(32-33)18-11-20(35-2)14-21(12-18)36-3/h4-14,25H,15H2,1-3H3,(H,30,34)(H,29,31,32). The lowest BCUT2D eigenvalue weighted by molar-refractivity contribution is -0.113. The summed E-state index contributed by atoms with van der Waals surface area (Å²) in [7, 11) is 3.18. The van der Waals surface area contributed by atoms with E-state index >= 15 is 0 Å². The van der Waals surface area contributed by atoms with Crippen molar-refractivity contribution in [3.8, 4) is 34.4 Å². The Morgan fingerprint density at radius 3 is 2.47 bits per heavy atom. The molecule has 38 heavy (non-hydrogen) atoms. The zero-order chi connectivity index (χ0) is 26.2. The van der Waals surface area contributed by atoms with E-state index in [0.717, 1.165) is 5.56 Å². The first-order chi connectivity index (χ1) is 18.5. The van der Waals surface area contributed by atoms with E-state index in [1.807, 2.05) is 67.6 Å². The number of anilines is 2. The molecule has 0 aliphatic carbocycles. The van der Waals surface area contributed by atoms with Crippen molar-refractivity contribution in [3.05, 3.63) is 83.6 Å². The molecule has 6 rings (SSSR count). The summed E-state index contributed by atoms with van der Waals surface area (Å²) in [6.07, 6.45) is 0. The van der Waals surface area contributed by atoms with E-state index in [1.165, 1.54) is 0 Å². The fourth-order valence-corrected chi connectivity index (χ4v) is 4.62. The zero-order valence-corrected chi connectivity index (χ0v) is 21.0. The average Bonchev–Trinajstić information content (AvgIpc) is 3.59. The van der Waals surface area contributed by atoms with Crippen LogP contribution in [0, 0.1) is 0 Å². The summed E-state index contributed by atoms with van der Waals surface area (Å²) in [5.41, 5.74) is 3.36. The van der Waals surface area contributed by atoms with Gasteiger partial charge in [-0.25, -0.2) is 4.68 Å². The van der Waals surface area contributed by atoms with Gasteiger partial charge in [0.1, 0.15) is 17.5 Å². The molecule has 1 atom stereocenters. The quantitative estimate of drug-likeness (QED) is 0.386. The summed E-state index contributed by atoms with van der Waals surface area (Å²) >= 11 is 0. The Hall–Kier alpha value is -4.99. The van der Waals surface area contributed by atoms with Gasteiger partial charge in [0.25, 0.3) is 5.91 Å². The predicted molar refractivity (Wildman–Crippen MR) is 141 cm³/mol. The van der Waals surface area contributed by atoms with Gasteiger partial charge in [0.05, 0.1) is 19.8 Å². The topological polar surface area (TPSA) is 109 Å². The maximum Gasteiger partial charge on any atom is 0.255 e. The number of nitrogens with zero attached hydrogens (tertiary/aromatic N) is 3. The molecule has 0 bridgehead atoms. The van der Waals surface area contributed by atoms with Gasteiger partial charge in [-0.3, -0.25) is 4.79 Å². The summed E-state index contributed by atoms with van der Waals surface area (Å²) in [5.74, 6) is 3.19. The third kappa shape index (κ3) is 4.15. The number of benzene rings is 3. The summed E-state index contributed by atoms with van der Waals surface area (Å²) in [6.45, 7) is 2.00. The molecule has 1 amide bonds. The molecule has 0 spiro atoms. The van der Waals surface area contributed by atoms with Crippen LogP contribution in [0.5, 0.6) is 23.0 Å². The molecule has 10 nitrogen and oxygen atoms in total. The highest BCUT2D eigenvalue weighted by Crippen LogP contribution is 2.41. The van der Waals surface area contributed by atoms with Gasteiger partial charge >= 0.3 is 0 Å². The number of nitrogens with one attached hydrogen (secondary N) is 2. The van der Waals surface area contributed by atoms with Crippen LogP contribution in [0.4, 0.5) is 11.6 Å². The first kappa shape index (κ1) is 23.4. The van der Waals surface area contributed by atoms with Crippen molar-refractivity contribution in [3.63, 3.8) is 0 Å². The average molecular weight is 512 g/mol. The predicted octanol–water partition coefficient (Wildman–Crippen LogP) is 4.62. The molecule has 0 radical (unpaired) electrons. The molecule has 0 fully saturated rings. The number of ether oxygens (including phenoxy) is 4. The van der Waals surface area contributed by atoms with E-state index < -0.39 is 6.04 Å². The van der Waals surface area contributed by atoms with Gasteiger partial charge in [0, 0.05) is 23.0 Å². The minimum Gasteiger partial charge on any atom is -0.497 e. The van der Waals surface area contributed by atoms with Crippen molar-refractivity contribution in [2.75, 3.05) is 31.6 Å².